The molecule has 0 unspecified atom stereocenters. The summed E-state index contributed by atoms with van der Waals surface area (Å²) in [6, 6.07) is 9.28. The normalized spacial score (nSPS) is 11.0. The highest BCUT2D eigenvalue weighted by Crippen LogP contribution is 2.19. The molecule has 0 spiro atoms. The Bertz CT molecular complexity index is 554. The fraction of sp³-hybridized carbons (Fsp3) is 0.250. The van der Waals surface area contributed by atoms with Gasteiger partial charge in [-0.15, -0.1) is 0 Å². The molecule has 0 aliphatic carbocycles. The molecule has 0 fully saturated rings. The van der Waals surface area contributed by atoms with Crippen molar-refractivity contribution in [2.75, 3.05) is 0 Å². The van der Waals surface area contributed by atoms with Crippen LogP contribution in [0.4, 0.5) is 0 Å². The lowest BCUT2D eigenvalue weighted by atomic mass is 10.1. The summed E-state index contributed by atoms with van der Waals surface area (Å²) < 4.78 is 2.45. The highest BCUT2D eigenvalue weighted by atomic mass is 79.9. The second-order valence-electron chi connectivity index (χ2n) is 3.99. The standard InChI is InChI=1S/C12H13BrN2O/c1-8(2)10-7-12(16)15(14-10)11-6-4-3-5-9(11)13/h3-8,14H,1-2H3. The number of rotatable bonds is 2. The number of hydrogen-bond donors (Lipinski definition) is 1. The average Bonchev–Trinajstić information content (AvgIpc) is 2.61. The molecule has 16 heavy (non-hydrogen) atoms. The van der Waals surface area contributed by atoms with Crippen LogP contribution in [0.25, 0.3) is 5.69 Å². The van der Waals surface area contributed by atoms with E-state index in [1.807, 2.05) is 24.3 Å². The fourth-order valence-electron chi connectivity index (χ4n) is 1.52. The first-order valence-electron chi connectivity index (χ1n) is 5.16. The van der Waals surface area contributed by atoms with Crippen LogP contribution >= 0.6 is 15.9 Å². The molecule has 0 saturated carbocycles. The van der Waals surface area contributed by atoms with Crippen molar-refractivity contribution in [3.63, 3.8) is 0 Å². The third kappa shape index (κ3) is 1.97. The van der Waals surface area contributed by atoms with Crippen molar-refractivity contribution < 1.29 is 0 Å². The lowest BCUT2D eigenvalue weighted by Gasteiger charge is -2.05. The number of benzene rings is 1. The molecule has 0 radical (unpaired) electrons. The van der Waals surface area contributed by atoms with Gasteiger partial charge in [0, 0.05) is 16.2 Å². The maximum absolute atomic E-state index is 11.8. The van der Waals surface area contributed by atoms with Crippen LogP contribution in [0, 0.1) is 0 Å². The molecule has 1 aromatic heterocycles. The number of nitrogens with one attached hydrogen (secondary N) is 1. The van der Waals surface area contributed by atoms with Crippen LogP contribution < -0.4 is 5.56 Å². The van der Waals surface area contributed by atoms with Gasteiger partial charge >= 0.3 is 0 Å². The van der Waals surface area contributed by atoms with E-state index in [2.05, 4.69) is 34.9 Å². The molecule has 1 heterocycles. The molecule has 84 valence electrons. The largest absolute Gasteiger partial charge is 0.295 e. The third-order valence-corrected chi connectivity index (χ3v) is 3.13. The smallest absolute Gasteiger partial charge is 0.271 e. The monoisotopic (exact) mass is 280 g/mol. The maximum Gasteiger partial charge on any atom is 0.271 e. The van der Waals surface area contributed by atoms with Crippen molar-refractivity contribution in [1.82, 2.24) is 9.78 Å². The number of hydrogen-bond acceptors (Lipinski definition) is 1. The molecule has 2 aromatic rings. The van der Waals surface area contributed by atoms with E-state index >= 15 is 0 Å². The molecule has 3 nitrogen and oxygen atoms in total. The number of para-hydroxylation sites is 1. The van der Waals surface area contributed by atoms with Crippen molar-refractivity contribution in [3.05, 3.63) is 50.9 Å². The Morgan fingerprint density at radius 3 is 2.56 bits per heavy atom. The third-order valence-electron chi connectivity index (χ3n) is 2.46. The lowest BCUT2D eigenvalue weighted by molar-refractivity contribution is 0.759. The van der Waals surface area contributed by atoms with E-state index in [9.17, 15) is 4.79 Å². The predicted octanol–water partition coefficient (Wildman–Crippen LogP) is 3.05. The first-order valence-corrected chi connectivity index (χ1v) is 5.96. The number of H-pyrrole nitrogens is 1. The van der Waals surface area contributed by atoms with Gasteiger partial charge in [0.25, 0.3) is 5.56 Å². The summed E-state index contributed by atoms with van der Waals surface area (Å²) in [7, 11) is 0. The number of aromatic amines is 1. The average molecular weight is 281 g/mol. The highest BCUT2D eigenvalue weighted by Gasteiger charge is 2.09. The van der Waals surface area contributed by atoms with Crippen molar-refractivity contribution in [2.24, 2.45) is 0 Å². The van der Waals surface area contributed by atoms with Gasteiger partial charge in [0.1, 0.15) is 0 Å². The van der Waals surface area contributed by atoms with Gasteiger partial charge in [-0.05, 0) is 34.0 Å². The Balaban J connectivity index is 2.57. The van der Waals surface area contributed by atoms with E-state index in [1.54, 1.807) is 10.7 Å². The fourth-order valence-corrected chi connectivity index (χ4v) is 1.98. The summed E-state index contributed by atoms with van der Waals surface area (Å²) >= 11 is 3.43. The minimum atomic E-state index is -0.0319. The number of aromatic nitrogens is 2. The topological polar surface area (TPSA) is 37.8 Å². The second kappa shape index (κ2) is 4.29. The molecule has 0 saturated heterocycles. The van der Waals surface area contributed by atoms with Crippen LogP contribution in [-0.2, 0) is 0 Å². The summed E-state index contributed by atoms with van der Waals surface area (Å²) in [6.07, 6.45) is 0. The van der Waals surface area contributed by atoms with Crippen LogP contribution in [0.2, 0.25) is 0 Å². The van der Waals surface area contributed by atoms with E-state index in [-0.39, 0.29) is 5.56 Å². The molecular weight excluding hydrogens is 268 g/mol. The van der Waals surface area contributed by atoms with Crippen LogP contribution in [0.1, 0.15) is 25.5 Å². The van der Waals surface area contributed by atoms with Gasteiger partial charge in [0.15, 0.2) is 0 Å². The molecule has 0 amide bonds. The summed E-state index contributed by atoms with van der Waals surface area (Å²) in [5, 5.41) is 3.11. The summed E-state index contributed by atoms with van der Waals surface area (Å²) in [4.78, 5) is 11.8. The van der Waals surface area contributed by atoms with E-state index in [0.717, 1.165) is 15.9 Å². The molecular formula is C12H13BrN2O. The Hall–Kier alpha value is -1.29. The molecule has 4 heteroatoms. The molecule has 0 aliphatic heterocycles. The minimum absolute atomic E-state index is 0.0319. The Labute approximate surface area is 102 Å². The van der Waals surface area contributed by atoms with Crippen molar-refractivity contribution in [3.8, 4) is 5.69 Å². The SMILES string of the molecule is CC(C)c1cc(=O)n(-c2ccccc2Br)[nH]1. The van der Waals surface area contributed by atoms with E-state index in [4.69, 9.17) is 0 Å². The zero-order valence-electron chi connectivity index (χ0n) is 9.20. The van der Waals surface area contributed by atoms with Crippen molar-refractivity contribution in [1.29, 1.82) is 0 Å². The second-order valence-corrected chi connectivity index (χ2v) is 4.85. The van der Waals surface area contributed by atoms with E-state index < -0.39 is 0 Å². The maximum atomic E-state index is 11.8. The van der Waals surface area contributed by atoms with E-state index in [0.29, 0.717) is 5.92 Å². The lowest BCUT2D eigenvalue weighted by Crippen LogP contribution is -2.13. The molecule has 0 atom stereocenters. The quantitative estimate of drug-likeness (QED) is 0.902. The first kappa shape index (κ1) is 11.2. The van der Waals surface area contributed by atoms with E-state index in [1.165, 1.54) is 0 Å². The van der Waals surface area contributed by atoms with Crippen LogP contribution in [0.5, 0.6) is 0 Å². The van der Waals surface area contributed by atoms with Crippen molar-refractivity contribution in [2.45, 2.75) is 19.8 Å². The highest BCUT2D eigenvalue weighted by molar-refractivity contribution is 9.10. The zero-order valence-corrected chi connectivity index (χ0v) is 10.8. The van der Waals surface area contributed by atoms with Gasteiger partial charge in [-0.1, -0.05) is 26.0 Å². The number of halogens is 1. The Morgan fingerprint density at radius 2 is 2.00 bits per heavy atom. The van der Waals surface area contributed by atoms with Crippen LogP contribution in [-0.4, -0.2) is 9.78 Å². The molecule has 0 bridgehead atoms. The molecule has 1 aromatic carbocycles. The molecule has 2 rings (SSSR count). The summed E-state index contributed by atoms with van der Waals surface area (Å²) in [6.45, 7) is 4.10. The summed E-state index contributed by atoms with van der Waals surface area (Å²) in [5.41, 5.74) is 1.75. The zero-order chi connectivity index (χ0) is 11.7. The van der Waals surface area contributed by atoms with Gasteiger partial charge in [-0.3, -0.25) is 9.89 Å². The summed E-state index contributed by atoms with van der Waals surface area (Å²) in [5.74, 6) is 0.316. The van der Waals surface area contributed by atoms with Gasteiger partial charge in [-0.25, -0.2) is 4.68 Å². The van der Waals surface area contributed by atoms with Crippen LogP contribution in [0.3, 0.4) is 0 Å². The van der Waals surface area contributed by atoms with Gasteiger partial charge in [0.2, 0.25) is 0 Å². The van der Waals surface area contributed by atoms with Crippen molar-refractivity contribution >= 4 is 15.9 Å². The first-order chi connectivity index (χ1) is 7.59. The Kier molecular flexibility index (Phi) is 3.01. The predicted molar refractivity (Wildman–Crippen MR) is 68.2 cm³/mol. The minimum Gasteiger partial charge on any atom is -0.295 e. The molecule has 1 N–H and O–H groups in total. The Morgan fingerprint density at radius 1 is 1.31 bits per heavy atom. The number of nitrogens with zero attached hydrogens (tertiary/aromatic N) is 1. The van der Waals surface area contributed by atoms with Gasteiger partial charge < -0.3 is 0 Å². The van der Waals surface area contributed by atoms with Gasteiger partial charge in [0.05, 0.1) is 5.69 Å². The van der Waals surface area contributed by atoms with Crippen LogP contribution in [0.15, 0.2) is 39.6 Å². The molecule has 0 aliphatic rings. The van der Waals surface area contributed by atoms with Gasteiger partial charge in [-0.2, -0.15) is 0 Å².